The number of thiocarbonyl (C=S) groups is 1. The average Bonchev–Trinajstić information content (AvgIpc) is 2.94. The van der Waals surface area contributed by atoms with Crippen molar-refractivity contribution in [3.8, 4) is 17.6 Å². The summed E-state index contributed by atoms with van der Waals surface area (Å²) in [5.41, 5.74) is 7.64. The van der Waals surface area contributed by atoms with E-state index < -0.39 is 0 Å². The lowest BCUT2D eigenvalue weighted by Crippen LogP contribution is -2.27. The Bertz CT molecular complexity index is 1280. The zero-order valence-electron chi connectivity index (χ0n) is 30.9. The molecule has 0 aliphatic heterocycles. The summed E-state index contributed by atoms with van der Waals surface area (Å²) in [6.45, 7) is 26.6. The second-order valence-corrected chi connectivity index (χ2v) is 15.4. The summed E-state index contributed by atoms with van der Waals surface area (Å²) in [5, 5.41) is 9.23. The van der Waals surface area contributed by atoms with E-state index in [1.807, 2.05) is 47.6 Å². The molecule has 0 spiro atoms. The minimum atomic E-state index is -0.281. The standard InChI is InChI=1S/C17H29N3O3S.C17H27N3O3/c1-16(2,3)12-11(23-10-22-9-8-21-7)13(17(4,5)6)20-15(19-12)14(18)24;1-16(2,3)14-13(23-11-22-9-8-21-7)15(17(4,5)6)20-12(10-18)19-14/h8-10H2,1-7H3,(H2,18,24);8-9,11H2,1-7H3. The summed E-state index contributed by atoms with van der Waals surface area (Å²) in [4.78, 5) is 18.0. The van der Waals surface area contributed by atoms with Crippen molar-refractivity contribution in [3.63, 3.8) is 0 Å². The van der Waals surface area contributed by atoms with Crippen LogP contribution in [0.2, 0.25) is 0 Å². The molecule has 0 bridgehead atoms. The first kappa shape index (κ1) is 42.0. The van der Waals surface area contributed by atoms with Crippen LogP contribution >= 0.6 is 12.2 Å². The summed E-state index contributed by atoms with van der Waals surface area (Å²) in [6.07, 6.45) is 0. The Kier molecular flexibility index (Phi) is 16.0. The first-order valence-corrected chi connectivity index (χ1v) is 15.9. The van der Waals surface area contributed by atoms with E-state index >= 15 is 0 Å². The van der Waals surface area contributed by atoms with Gasteiger partial charge in [-0.3, -0.25) is 0 Å². The molecule has 0 atom stereocenters. The Morgan fingerprint density at radius 1 is 0.617 bits per heavy atom. The van der Waals surface area contributed by atoms with E-state index in [2.05, 4.69) is 61.5 Å². The van der Waals surface area contributed by atoms with Gasteiger partial charge in [0.2, 0.25) is 5.82 Å². The number of hydrogen-bond acceptors (Lipinski definition) is 12. The summed E-state index contributed by atoms with van der Waals surface area (Å²) in [5.74, 6) is 1.76. The van der Waals surface area contributed by atoms with Gasteiger partial charge >= 0.3 is 0 Å². The van der Waals surface area contributed by atoms with Crippen molar-refractivity contribution in [1.29, 1.82) is 5.26 Å². The van der Waals surface area contributed by atoms with Crippen LogP contribution in [0, 0.1) is 11.3 Å². The van der Waals surface area contributed by atoms with Gasteiger partial charge in [-0.05, 0) is 0 Å². The summed E-state index contributed by atoms with van der Waals surface area (Å²) in [6, 6.07) is 2.04. The van der Waals surface area contributed by atoms with Crippen LogP contribution in [0.25, 0.3) is 0 Å². The largest absolute Gasteiger partial charge is 0.464 e. The van der Waals surface area contributed by atoms with Crippen molar-refractivity contribution in [2.24, 2.45) is 5.73 Å². The zero-order valence-corrected chi connectivity index (χ0v) is 31.7. The van der Waals surface area contributed by atoms with E-state index in [4.69, 9.17) is 46.4 Å². The smallest absolute Gasteiger partial charge is 0.232 e. The maximum atomic E-state index is 9.23. The predicted molar refractivity (Wildman–Crippen MR) is 186 cm³/mol. The molecule has 0 aliphatic carbocycles. The maximum Gasteiger partial charge on any atom is 0.232 e. The Labute approximate surface area is 287 Å². The van der Waals surface area contributed by atoms with Crippen molar-refractivity contribution >= 4 is 17.2 Å². The van der Waals surface area contributed by atoms with Crippen LogP contribution in [-0.2, 0) is 40.6 Å². The van der Waals surface area contributed by atoms with Crippen LogP contribution in [-0.4, -0.2) is 79.2 Å². The van der Waals surface area contributed by atoms with E-state index in [-0.39, 0.29) is 46.1 Å². The van der Waals surface area contributed by atoms with Gasteiger partial charge in [-0.15, -0.1) is 0 Å². The number of methoxy groups -OCH3 is 2. The maximum absolute atomic E-state index is 9.23. The summed E-state index contributed by atoms with van der Waals surface area (Å²) < 4.78 is 32.5. The van der Waals surface area contributed by atoms with Crippen LogP contribution < -0.4 is 15.2 Å². The number of ether oxygens (including phenoxy) is 6. The third kappa shape index (κ3) is 13.6. The Hall–Kier alpha value is -3.02. The first-order chi connectivity index (χ1) is 21.6. The molecule has 0 fully saturated rings. The third-order valence-corrected chi connectivity index (χ3v) is 6.51. The monoisotopic (exact) mass is 676 g/mol. The highest BCUT2D eigenvalue weighted by molar-refractivity contribution is 7.80. The van der Waals surface area contributed by atoms with Gasteiger partial charge in [-0.25, -0.2) is 19.9 Å². The van der Waals surface area contributed by atoms with Gasteiger partial charge in [-0.2, -0.15) is 5.26 Å². The predicted octanol–water partition coefficient (Wildman–Crippen LogP) is 5.65. The van der Waals surface area contributed by atoms with Crippen LogP contribution in [0.4, 0.5) is 0 Å². The number of nitrogens with two attached hydrogens (primary N) is 1. The van der Waals surface area contributed by atoms with Gasteiger partial charge in [0.15, 0.2) is 30.9 Å². The second-order valence-electron chi connectivity index (χ2n) is 14.9. The van der Waals surface area contributed by atoms with Gasteiger partial charge < -0.3 is 34.2 Å². The van der Waals surface area contributed by atoms with E-state index in [0.717, 1.165) is 11.4 Å². The highest BCUT2D eigenvalue weighted by Crippen LogP contribution is 2.38. The number of aromatic nitrogens is 4. The minimum absolute atomic E-state index is 0.0881. The van der Waals surface area contributed by atoms with Gasteiger partial charge in [0, 0.05) is 35.9 Å². The molecular formula is C34H56N6O6S. The van der Waals surface area contributed by atoms with Gasteiger partial charge in [0.05, 0.1) is 49.2 Å². The van der Waals surface area contributed by atoms with E-state index in [1.54, 1.807) is 14.2 Å². The third-order valence-electron chi connectivity index (χ3n) is 6.33. The lowest BCUT2D eigenvalue weighted by atomic mass is 9.85. The second kappa shape index (κ2) is 17.9. The van der Waals surface area contributed by atoms with Crippen molar-refractivity contribution < 1.29 is 28.4 Å². The fourth-order valence-corrected chi connectivity index (χ4v) is 4.06. The normalized spacial score (nSPS) is 12.2. The number of nitriles is 1. The first-order valence-electron chi connectivity index (χ1n) is 15.5. The van der Waals surface area contributed by atoms with Crippen LogP contribution in [0.15, 0.2) is 0 Å². The topological polar surface area (TPSA) is 157 Å². The molecule has 2 aromatic rings. The van der Waals surface area contributed by atoms with Crippen LogP contribution in [0.5, 0.6) is 11.5 Å². The molecule has 0 aromatic carbocycles. The van der Waals surface area contributed by atoms with E-state index in [0.29, 0.717) is 55.1 Å². The molecular weight excluding hydrogens is 620 g/mol. The fraction of sp³-hybridized carbons (Fsp3) is 0.706. The SMILES string of the molecule is COCCOCOc1c(C(C)(C)C)nc(C#N)nc1C(C)(C)C.COCCOCOc1c(C(C)(C)C)nc(C(N)=S)nc1C(C)(C)C. The summed E-state index contributed by atoms with van der Waals surface area (Å²) >= 11 is 5.08. The fourth-order valence-electron chi connectivity index (χ4n) is 3.97. The molecule has 47 heavy (non-hydrogen) atoms. The van der Waals surface area contributed by atoms with Crippen LogP contribution in [0.1, 0.15) is 118 Å². The Morgan fingerprint density at radius 2 is 0.936 bits per heavy atom. The molecule has 2 heterocycles. The molecule has 0 amide bonds. The molecule has 2 rings (SSSR count). The van der Waals surface area contributed by atoms with Crippen molar-refractivity contribution in [3.05, 3.63) is 34.4 Å². The van der Waals surface area contributed by atoms with Gasteiger partial charge in [0.1, 0.15) is 11.1 Å². The quantitative estimate of drug-likeness (QED) is 0.158. The molecule has 2 aromatic heterocycles. The highest BCUT2D eigenvalue weighted by atomic mass is 32.1. The van der Waals surface area contributed by atoms with E-state index in [9.17, 15) is 5.26 Å². The number of rotatable bonds is 13. The minimum Gasteiger partial charge on any atom is -0.464 e. The van der Waals surface area contributed by atoms with Crippen molar-refractivity contribution in [1.82, 2.24) is 19.9 Å². The van der Waals surface area contributed by atoms with Crippen LogP contribution in [0.3, 0.4) is 0 Å². The Morgan fingerprint density at radius 3 is 1.19 bits per heavy atom. The molecule has 0 aliphatic rings. The molecule has 0 saturated carbocycles. The van der Waals surface area contributed by atoms with Crippen molar-refractivity contribution in [2.75, 3.05) is 54.2 Å². The molecule has 0 unspecified atom stereocenters. The van der Waals surface area contributed by atoms with Crippen molar-refractivity contribution in [2.45, 2.75) is 105 Å². The van der Waals surface area contributed by atoms with Gasteiger partial charge in [-0.1, -0.05) is 95.3 Å². The Balaban J connectivity index is 0.000000470. The molecule has 0 radical (unpaired) electrons. The molecule has 2 N–H and O–H groups in total. The average molecular weight is 677 g/mol. The van der Waals surface area contributed by atoms with E-state index in [1.165, 1.54) is 0 Å². The molecule has 0 saturated heterocycles. The van der Waals surface area contributed by atoms with Gasteiger partial charge in [0.25, 0.3) is 0 Å². The zero-order chi connectivity index (χ0) is 36.2. The molecule has 13 heteroatoms. The summed E-state index contributed by atoms with van der Waals surface area (Å²) in [7, 11) is 3.25. The number of hydrogen-bond donors (Lipinski definition) is 1. The lowest BCUT2D eigenvalue weighted by molar-refractivity contribution is -0.0105. The molecule has 12 nitrogen and oxygen atoms in total. The number of nitrogens with zero attached hydrogens (tertiary/aromatic N) is 5. The highest BCUT2D eigenvalue weighted by Gasteiger charge is 2.32. The molecule has 264 valence electrons. The lowest BCUT2D eigenvalue weighted by Gasteiger charge is -2.28.